The lowest BCUT2D eigenvalue weighted by atomic mass is 9.98. The molecule has 3 amide bonds. The lowest BCUT2D eigenvalue weighted by Gasteiger charge is -2.39. The third-order valence-electron chi connectivity index (χ3n) is 9.44. The van der Waals surface area contributed by atoms with Gasteiger partial charge in [-0.1, -0.05) is 18.2 Å². The quantitative estimate of drug-likeness (QED) is 0.342. The van der Waals surface area contributed by atoms with Crippen molar-refractivity contribution in [3.05, 3.63) is 89.4 Å². The molecule has 4 heterocycles. The molecule has 9 nitrogen and oxygen atoms in total. The van der Waals surface area contributed by atoms with E-state index in [1.807, 2.05) is 34.2 Å². The van der Waals surface area contributed by atoms with Crippen molar-refractivity contribution in [2.24, 2.45) is 0 Å². The van der Waals surface area contributed by atoms with E-state index in [9.17, 15) is 14.0 Å². The van der Waals surface area contributed by atoms with Crippen LogP contribution in [0.4, 0.5) is 9.18 Å². The SMILES string of the molecule is O=C(NC1CC1)c1ccc(Oc2ccc(CN3CCC(N4C(=O)N(C5CCOCC5)C[C@H]4c4cccc(F)c4)CC3)cn2)cc1. The largest absolute Gasteiger partial charge is 0.439 e. The van der Waals surface area contributed by atoms with Crippen LogP contribution in [0.2, 0.25) is 0 Å². The van der Waals surface area contributed by atoms with Gasteiger partial charge < -0.3 is 24.6 Å². The molecule has 0 bridgehead atoms. The Bertz CT molecular complexity index is 1480. The maximum absolute atomic E-state index is 14.2. The number of carbonyl (C=O) groups excluding carboxylic acids is 2. The molecule has 3 saturated heterocycles. The summed E-state index contributed by atoms with van der Waals surface area (Å²) < 4.78 is 25.7. The van der Waals surface area contributed by atoms with E-state index in [4.69, 9.17) is 9.47 Å². The molecule has 4 aliphatic rings. The summed E-state index contributed by atoms with van der Waals surface area (Å²) >= 11 is 0. The van der Waals surface area contributed by atoms with Crippen LogP contribution in [0, 0.1) is 5.82 Å². The molecule has 1 aromatic heterocycles. The van der Waals surface area contributed by atoms with E-state index >= 15 is 0 Å². The number of urea groups is 1. The number of hydrogen-bond donors (Lipinski definition) is 1. The van der Waals surface area contributed by atoms with Crippen molar-refractivity contribution in [2.45, 2.75) is 69.2 Å². The summed E-state index contributed by atoms with van der Waals surface area (Å²) in [5.41, 5.74) is 2.58. The van der Waals surface area contributed by atoms with Crippen LogP contribution in [0.25, 0.3) is 0 Å². The van der Waals surface area contributed by atoms with Crippen molar-refractivity contribution in [1.82, 2.24) is 25.0 Å². The van der Waals surface area contributed by atoms with Crippen LogP contribution in [0.15, 0.2) is 66.9 Å². The number of rotatable bonds is 9. The highest BCUT2D eigenvalue weighted by molar-refractivity contribution is 5.94. The Morgan fingerprint density at radius 3 is 2.42 bits per heavy atom. The van der Waals surface area contributed by atoms with Gasteiger partial charge in [-0.25, -0.2) is 14.2 Å². The number of likely N-dealkylation sites (tertiary alicyclic amines) is 1. The van der Waals surface area contributed by atoms with Crippen molar-refractivity contribution in [3.63, 3.8) is 0 Å². The maximum Gasteiger partial charge on any atom is 0.321 e. The van der Waals surface area contributed by atoms with E-state index < -0.39 is 0 Å². The van der Waals surface area contributed by atoms with E-state index in [1.54, 1.807) is 36.4 Å². The fraction of sp³-hybridized carbons (Fsp3) is 0.457. The second kappa shape index (κ2) is 13.1. The second-order valence-corrected chi connectivity index (χ2v) is 12.6. The zero-order valence-corrected chi connectivity index (χ0v) is 25.4. The number of nitrogens with zero attached hydrogens (tertiary/aromatic N) is 4. The molecule has 0 radical (unpaired) electrons. The van der Waals surface area contributed by atoms with E-state index in [1.165, 1.54) is 6.07 Å². The minimum Gasteiger partial charge on any atom is -0.439 e. The molecule has 3 aliphatic heterocycles. The number of pyridine rings is 1. The zero-order chi connectivity index (χ0) is 30.8. The molecular weight excluding hydrogens is 573 g/mol. The summed E-state index contributed by atoms with van der Waals surface area (Å²) in [4.78, 5) is 37.0. The second-order valence-electron chi connectivity index (χ2n) is 12.6. The summed E-state index contributed by atoms with van der Waals surface area (Å²) in [5.74, 6) is 0.808. The van der Waals surface area contributed by atoms with Gasteiger partial charge in [-0.15, -0.1) is 0 Å². The van der Waals surface area contributed by atoms with E-state index in [0.717, 1.165) is 69.3 Å². The number of halogens is 1. The number of benzene rings is 2. The summed E-state index contributed by atoms with van der Waals surface area (Å²) in [6, 6.07) is 18.3. The topological polar surface area (TPSA) is 87.2 Å². The van der Waals surface area contributed by atoms with Gasteiger partial charge in [-0.05, 0) is 86.1 Å². The first-order valence-electron chi connectivity index (χ1n) is 16.2. The van der Waals surface area contributed by atoms with Crippen molar-refractivity contribution >= 4 is 11.9 Å². The Balaban J connectivity index is 0.944. The number of hydrogen-bond acceptors (Lipinski definition) is 6. The zero-order valence-electron chi connectivity index (χ0n) is 25.4. The number of carbonyl (C=O) groups is 2. The molecule has 3 aromatic rings. The number of ether oxygens (including phenoxy) is 2. The fourth-order valence-corrected chi connectivity index (χ4v) is 6.80. The maximum atomic E-state index is 14.2. The third kappa shape index (κ3) is 6.97. The first-order chi connectivity index (χ1) is 22.0. The highest BCUT2D eigenvalue weighted by atomic mass is 19.1. The van der Waals surface area contributed by atoms with Gasteiger partial charge in [0.2, 0.25) is 5.88 Å². The van der Waals surface area contributed by atoms with E-state index in [-0.39, 0.29) is 35.9 Å². The molecule has 1 aliphatic carbocycles. The fourth-order valence-electron chi connectivity index (χ4n) is 6.80. The van der Waals surface area contributed by atoms with Gasteiger partial charge in [-0.2, -0.15) is 0 Å². The third-order valence-corrected chi connectivity index (χ3v) is 9.44. The van der Waals surface area contributed by atoms with Gasteiger partial charge >= 0.3 is 6.03 Å². The van der Waals surface area contributed by atoms with E-state index in [2.05, 4.69) is 15.2 Å². The molecule has 45 heavy (non-hydrogen) atoms. The average Bonchev–Trinajstić information content (AvgIpc) is 3.82. The highest BCUT2D eigenvalue weighted by Gasteiger charge is 2.45. The van der Waals surface area contributed by atoms with Gasteiger partial charge in [0.15, 0.2) is 0 Å². The lowest BCUT2D eigenvalue weighted by Crippen LogP contribution is -2.48. The number of aromatic nitrogens is 1. The predicted octanol–water partition coefficient (Wildman–Crippen LogP) is 5.53. The molecule has 2 aromatic carbocycles. The monoisotopic (exact) mass is 613 g/mol. The van der Waals surface area contributed by atoms with Gasteiger partial charge in [0.05, 0.1) is 6.04 Å². The van der Waals surface area contributed by atoms with Gasteiger partial charge in [0, 0.05) is 75.3 Å². The Labute approximate surface area is 263 Å². The summed E-state index contributed by atoms with van der Waals surface area (Å²) in [6.45, 7) is 4.42. The van der Waals surface area contributed by atoms with Crippen LogP contribution in [-0.2, 0) is 11.3 Å². The molecule has 1 atom stereocenters. The first kappa shape index (κ1) is 29.7. The smallest absolute Gasteiger partial charge is 0.321 e. The highest BCUT2D eigenvalue weighted by Crippen LogP contribution is 2.37. The summed E-state index contributed by atoms with van der Waals surface area (Å²) in [7, 11) is 0. The Morgan fingerprint density at radius 1 is 0.956 bits per heavy atom. The first-order valence-corrected chi connectivity index (χ1v) is 16.2. The lowest BCUT2D eigenvalue weighted by molar-refractivity contribution is 0.0493. The van der Waals surface area contributed by atoms with Crippen molar-refractivity contribution in [2.75, 3.05) is 32.8 Å². The van der Waals surface area contributed by atoms with Gasteiger partial charge in [0.1, 0.15) is 11.6 Å². The summed E-state index contributed by atoms with van der Waals surface area (Å²) in [5, 5.41) is 2.99. The predicted molar refractivity (Wildman–Crippen MR) is 166 cm³/mol. The van der Waals surface area contributed by atoms with Crippen LogP contribution in [0.1, 0.15) is 66.1 Å². The van der Waals surface area contributed by atoms with Crippen molar-refractivity contribution in [3.8, 4) is 11.6 Å². The normalized spacial score (nSPS) is 21.7. The molecular formula is C35H40FN5O4. The van der Waals surface area contributed by atoms with Crippen LogP contribution in [0.5, 0.6) is 11.6 Å². The number of piperidine rings is 1. The Morgan fingerprint density at radius 2 is 1.73 bits per heavy atom. The van der Waals surface area contributed by atoms with Crippen molar-refractivity contribution in [1.29, 1.82) is 0 Å². The number of amides is 3. The standard InChI is InChI=1S/C35H40FN5O4/c36-27-3-1-2-26(20-27)32-23-40(29-14-18-44-19-15-29)35(43)41(32)30-12-16-39(17-13-30)22-24-4-11-33(37-21-24)45-31-9-5-25(6-10-31)34(42)38-28-7-8-28/h1-6,9-11,20-21,28-30,32H,7-8,12-19,22-23H2,(H,38,42)/t32-/m0/s1. The van der Waals surface area contributed by atoms with Crippen LogP contribution in [-0.4, -0.2) is 82.6 Å². The van der Waals surface area contributed by atoms with Crippen LogP contribution < -0.4 is 10.1 Å². The summed E-state index contributed by atoms with van der Waals surface area (Å²) in [6.07, 6.45) is 7.37. The van der Waals surface area contributed by atoms with Gasteiger partial charge in [0.25, 0.3) is 5.91 Å². The van der Waals surface area contributed by atoms with E-state index in [0.29, 0.717) is 43.0 Å². The molecule has 236 valence electrons. The molecule has 0 spiro atoms. The Kier molecular flexibility index (Phi) is 8.67. The molecule has 10 heteroatoms. The van der Waals surface area contributed by atoms with Crippen LogP contribution >= 0.6 is 0 Å². The average molecular weight is 614 g/mol. The molecule has 0 unspecified atom stereocenters. The van der Waals surface area contributed by atoms with Crippen molar-refractivity contribution < 1.29 is 23.5 Å². The minimum absolute atomic E-state index is 0.0500. The molecule has 1 saturated carbocycles. The number of nitrogens with one attached hydrogen (secondary N) is 1. The molecule has 1 N–H and O–H groups in total. The van der Waals surface area contributed by atoms with Crippen LogP contribution in [0.3, 0.4) is 0 Å². The Hall–Kier alpha value is -4.02. The molecule has 4 fully saturated rings. The van der Waals surface area contributed by atoms with Gasteiger partial charge in [-0.3, -0.25) is 9.69 Å². The molecule has 7 rings (SSSR count). The minimum atomic E-state index is -0.268.